The van der Waals surface area contributed by atoms with Crippen LogP contribution in [0.5, 0.6) is 0 Å². The van der Waals surface area contributed by atoms with Crippen LogP contribution in [-0.2, 0) is 10.0 Å². The van der Waals surface area contributed by atoms with Crippen molar-refractivity contribution in [1.82, 2.24) is 4.90 Å². The fourth-order valence-corrected chi connectivity index (χ4v) is 7.64. The van der Waals surface area contributed by atoms with Crippen molar-refractivity contribution in [2.45, 2.75) is 61.4 Å². The molecule has 6 heteroatoms. The lowest BCUT2D eigenvalue weighted by Crippen LogP contribution is -2.51. The van der Waals surface area contributed by atoms with Crippen LogP contribution in [0.4, 0.5) is 10.1 Å². The Morgan fingerprint density at radius 1 is 0.743 bits per heavy atom. The monoisotopic (exact) mass is 492 g/mol. The van der Waals surface area contributed by atoms with E-state index in [0.29, 0.717) is 17.6 Å². The molecule has 1 saturated carbocycles. The Hall–Kier alpha value is -2.70. The lowest BCUT2D eigenvalue weighted by molar-refractivity contribution is 0.107. The number of hydrogen-bond acceptors (Lipinski definition) is 3. The lowest BCUT2D eigenvalue weighted by Gasteiger charge is -2.45. The molecular formula is C29H33FN2O2S. The molecule has 2 atom stereocenters. The second-order valence-corrected chi connectivity index (χ2v) is 11.5. The average Bonchev–Trinajstić information content (AvgIpc) is 2.90. The first kappa shape index (κ1) is 24.0. The molecule has 1 aliphatic heterocycles. The lowest BCUT2D eigenvalue weighted by atomic mass is 9.78. The summed E-state index contributed by atoms with van der Waals surface area (Å²) in [6.07, 6.45) is 6.47. The normalized spacial score (nSPS) is 22.1. The minimum absolute atomic E-state index is 0.126. The van der Waals surface area contributed by atoms with Crippen molar-refractivity contribution >= 4 is 15.7 Å². The zero-order valence-corrected chi connectivity index (χ0v) is 20.8. The van der Waals surface area contributed by atoms with E-state index in [0.717, 1.165) is 25.9 Å². The smallest absolute Gasteiger partial charge is 0.264 e. The molecule has 0 amide bonds. The van der Waals surface area contributed by atoms with Gasteiger partial charge in [-0.1, -0.05) is 61.4 Å². The summed E-state index contributed by atoms with van der Waals surface area (Å²) in [7, 11) is -3.82. The first-order valence-electron chi connectivity index (χ1n) is 12.7. The van der Waals surface area contributed by atoms with E-state index in [2.05, 4.69) is 35.2 Å². The van der Waals surface area contributed by atoms with Gasteiger partial charge in [-0.25, -0.2) is 12.8 Å². The number of piperidine rings is 1. The third kappa shape index (κ3) is 5.14. The van der Waals surface area contributed by atoms with E-state index in [1.165, 1.54) is 55.5 Å². The standard InChI is InChI=1S/C29H33FN2O2S/c30-24-15-17-27(18-16-24)35(33,34)32(25-11-5-2-6-12-25)26-19-21-31(22-20-26)29-14-8-7-13-28(29)23-9-3-1-4-10-23/h1-6,9-12,15-18,26,28-29H,7-8,13-14,19-22H2/t28-,29-/m1/s1. The molecule has 1 heterocycles. The Labute approximate surface area is 208 Å². The van der Waals surface area contributed by atoms with Gasteiger partial charge >= 0.3 is 0 Å². The first-order valence-corrected chi connectivity index (χ1v) is 14.1. The summed E-state index contributed by atoms with van der Waals surface area (Å²) in [5.74, 6) is 0.0960. The highest BCUT2D eigenvalue weighted by molar-refractivity contribution is 7.92. The molecule has 184 valence electrons. The molecule has 5 rings (SSSR count). The maximum absolute atomic E-state index is 13.8. The van der Waals surface area contributed by atoms with Gasteiger partial charge in [-0.05, 0) is 73.6 Å². The number of anilines is 1. The number of benzene rings is 3. The maximum atomic E-state index is 13.8. The SMILES string of the molecule is O=S(=O)(c1ccc(F)cc1)N(c1ccccc1)C1CCN([C@@H]2CCCC[C@@H]2c2ccccc2)CC1. The highest BCUT2D eigenvalue weighted by atomic mass is 32.2. The number of rotatable bonds is 6. The van der Waals surface area contributed by atoms with Crippen molar-refractivity contribution in [3.05, 3.63) is 96.3 Å². The fourth-order valence-electron chi connectivity index (χ4n) is 5.93. The van der Waals surface area contributed by atoms with E-state index in [1.54, 1.807) is 4.31 Å². The topological polar surface area (TPSA) is 40.6 Å². The quantitative estimate of drug-likeness (QED) is 0.411. The number of para-hydroxylation sites is 1. The molecule has 0 unspecified atom stereocenters. The second kappa shape index (κ2) is 10.5. The number of likely N-dealkylation sites (tertiary alicyclic amines) is 1. The molecule has 0 N–H and O–H groups in total. The summed E-state index contributed by atoms with van der Waals surface area (Å²) in [5.41, 5.74) is 2.08. The van der Waals surface area contributed by atoms with Crippen LogP contribution >= 0.6 is 0 Å². The minimum atomic E-state index is -3.82. The largest absolute Gasteiger partial charge is 0.300 e. The highest BCUT2D eigenvalue weighted by Crippen LogP contribution is 2.38. The fraction of sp³-hybridized carbons (Fsp3) is 0.379. The van der Waals surface area contributed by atoms with Gasteiger partial charge in [0.1, 0.15) is 5.82 Å². The molecule has 1 saturated heterocycles. The third-order valence-corrected chi connectivity index (χ3v) is 9.53. The van der Waals surface area contributed by atoms with E-state index < -0.39 is 15.8 Å². The molecule has 2 fully saturated rings. The molecule has 0 aromatic heterocycles. The van der Waals surface area contributed by atoms with E-state index in [9.17, 15) is 12.8 Å². The predicted molar refractivity (Wildman–Crippen MR) is 139 cm³/mol. The summed E-state index contributed by atoms with van der Waals surface area (Å²) in [5, 5.41) is 0. The van der Waals surface area contributed by atoms with Crippen LogP contribution in [0.15, 0.2) is 89.8 Å². The number of halogens is 1. The van der Waals surface area contributed by atoms with Crippen molar-refractivity contribution < 1.29 is 12.8 Å². The van der Waals surface area contributed by atoms with E-state index in [1.807, 2.05) is 30.3 Å². The van der Waals surface area contributed by atoms with Crippen molar-refractivity contribution in [3.8, 4) is 0 Å². The molecule has 35 heavy (non-hydrogen) atoms. The summed E-state index contributed by atoms with van der Waals surface area (Å²) in [4.78, 5) is 2.72. The predicted octanol–water partition coefficient (Wildman–Crippen LogP) is 6.21. The average molecular weight is 493 g/mol. The molecule has 1 aliphatic carbocycles. The van der Waals surface area contributed by atoms with Crippen LogP contribution < -0.4 is 4.31 Å². The molecule has 0 spiro atoms. The van der Waals surface area contributed by atoms with Crippen molar-refractivity contribution in [1.29, 1.82) is 0 Å². The van der Waals surface area contributed by atoms with Crippen LogP contribution in [0.1, 0.15) is 50.0 Å². The zero-order valence-electron chi connectivity index (χ0n) is 20.0. The molecule has 4 nitrogen and oxygen atoms in total. The van der Waals surface area contributed by atoms with Crippen LogP contribution in [-0.4, -0.2) is 38.5 Å². The number of hydrogen-bond donors (Lipinski definition) is 0. The number of nitrogens with zero attached hydrogens (tertiary/aromatic N) is 2. The van der Waals surface area contributed by atoms with Gasteiger partial charge in [-0.3, -0.25) is 9.21 Å². The van der Waals surface area contributed by atoms with Gasteiger partial charge in [0.15, 0.2) is 0 Å². The Kier molecular flexibility index (Phi) is 7.21. The van der Waals surface area contributed by atoms with Gasteiger partial charge in [0.25, 0.3) is 10.0 Å². The summed E-state index contributed by atoms with van der Waals surface area (Å²) >= 11 is 0. The first-order chi connectivity index (χ1) is 17.0. The molecule has 0 bridgehead atoms. The minimum Gasteiger partial charge on any atom is -0.300 e. The van der Waals surface area contributed by atoms with Gasteiger partial charge in [-0.15, -0.1) is 0 Å². The van der Waals surface area contributed by atoms with Gasteiger partial charge < -0.3 is 0 Å². The summed E-state index contributed by atoms with van der Waals surface area (Å²) < 4.78 is 42.6. The second-order valence-electron chi connectivity index (χ2n) is 9.73. The van der Waals surface area contributed by atoms with E-state index in [4.69, 9.17) is 0 Å². The third-order valence-electron chi connectivity index (χ3n) is 7.64. The van der Waals surface area contributed by atoms with Crippen LogP contribution in [0.2, 0.25) is 0 Å². The van der Waals surface area contributed by atoms with E-state index in [-0.39, 0.29) is 10.9 Å². The zero-order chi connectivity index (χ0) is 24.3. The molecular weight excluding hydrogens is 459 g/mol. The highest BCUT2D eigenvalue weighted by Gasteiger charge is 2.38. The van der Waals surface area contributed by atoms with Crippen LogP contribution in [0.3, 0.4) is 0 Å². The molecule has 0 radical (unpaired) electrons. The maximum Gasteiger partial charge on any atom is 0.264 e. The Morgan fingerprint density at radius 3 is 2.00 bits per heavy atom. The summed E-state index contributed by atoms with van der Waals surface area (Å²) in [6, 6.07) is 25.7. The Balaban J connectivity index is 1.37. The van der Waals surface area contributed by atoms with Gasteiger partial charge in [0.05, 0.1) is 10.6 Å². The van der Waals surface area contributed by atoms with Crippen molar-refractivity contribution in [2.24, 2.45) is 0 Å². The Bertz CT molecular complexity index is 1190. The van der Waals surface area contributed by atoms with E-state index >= 15 is 0 Å². The molecule has 3 aromatic carbocycles. The van der Waals surface area contributed by atoms with Gasteiger partial charge in [-0.2, -0.15) is 0 Å². The molecule has 2 aliphatic rings. The Morgan fingerprint density at radius 2 is 1.34 bits per heavy atom. The molecule has 3 aromatic rings. The van der Waals surface area contributed by atoms with Crippen molar-refractivity contribution in [3.63, 3.8) is 0 Å². The van der Waals surface area contributed by atoms with Crippen LogP contribution in [0, 0.1) is 5.82 Å². The van der Waals surface area contributed by atoms with Crippen LogP contribution in [0.25, 0.3) is 0 Å². The number of sulfonamides is 1. The van der Waals surface area contributed by atoms with Gasteiger partial charge in [0.2, 0.25) is 0 Å². The van der Waals surface area contributed by atoms with Gasteiger partial charge in [0, 0.05) is 25.2 Å². The summed E-state index contributed by atoms with van der Waals surface area (Å²) in [6.45, 7) is 1.75. The van der Waals surface area contributed by atoms with Crippen molar-refractivity contribution in [2.75, 3.05) is 17.4 Å².